The van der Waals surface area contributed by atoms with Gasteiger partial charge in [-0.05, 0) is 67.0 Å². The highest BCUT2D eigenvalue weighted by Gasteiger charge is 2.28. The summed E-state index contributed by atoms with van der Waals surface area (Å²) < 4.78 is 5.38. The van der Waals surface area contributed by atoms with Gasteiger partial charge in [0.25, 0.3) is 0 Å². The number of nitrogen functional groups attached to an aromatic ring is 1. The number of allylic oxidation sites excluding steroid dienone is 3. The van der Waals surface area contributed by atoms with E-state index in [0.29, 0.717) is 5.82 Å². The largest absolute Gasteiger partial charge is 0.497 e. The molecule has 0 amide bonds. The molecule has 150 valence electrons. The predicted octanol–water partition coefficient (Wildman–Crippen LogP) is 4.68. The van der Waals surface area contributed by atoms with Crippen LogP contribution in [0.25, 0.3) is 21.8 Å². The molecular formula is C24H27N3O2. The molecule has 29 heavy (non-hydrogen) atoms. The first-order chi connectivity index (χ1) is 13.9. The summed E-state index contributed by atoms with van der Waals surface area (Å²) in [5, 5.41) is 11.4. The molecule has 0 spiro atoms. The summed E-state index contributed by atoms with van der Waals surface area (Å²) in [4.78, 5) is 9.10. The monoisotopic (exact) mass is 389 g/mol. The summed E-state index contributed by atoms with van der Waals surface area (Å²) in [6.45, 7) is 4.48. The summed E-state index contributed by atoms with van der Waals surface area (Å²) in [5.74, 6) is 1.37. The molecule has 0 bridgehead atoms. The van der Waals surface area contributed by atoms with Gasteiger partial charge in [-0.3, -0.25) is 4.98 Å². The van der Waals surface area contributed by atoms with Crippen molar-refractivity contribution in [2.45, 2.75) is 39.7 Å². The maximum atomic E-state index is 9.41. The maximum absolute atomic E-state index is 9.41. The van der Waals surface area contributed by atoms with E-state index in [4.69, 9.17) is 10.5 Å². The molecule has 3 N–H and O–H groups in total. The van der Waals surface area contributed by atoms with E-state index in [-0.39, 0.29) is 12.0 Å². The van der Waals surface area contributed by atoms with Crippen molar-refractivity contribution in [3.8, 4) is 0 Å². The predicted molar refractivity (Wildman–Crippen MR) is 117 cm³/mol. The number of ether oxygens (including phenoxy) is 1. The number of benzene rings is 1. The summed E-state index contributed by atoms with van der Waals surface area (Å²) in [6, 6.07) is 7.98. The number of pyridine rings is 2. The summed E-state index contributed by atoms with van der Waals surface area (Å²) in [6.07, 6.45) is 9.16. The minimum Gasteiger partial charge on any atom is -0.497 e. The van der Waals surface area contributed by atoms with Gasteiger partial charge < -0.3 is 15.6 Å². The van der Waals surface area contributed by atoms with Crippen LogP contribution in [0.2, 0.25) is 0 Å². The lowest BCUT2D eigenvalue weighted by molar-refractivity contribution is 0.282. The van der Waals surface area contributed by atoms with Crippen molar-refractivity contribution in [3.05, 3.63) is 65.1 Å². The van der Waals surface area contributed by atoms with Crippen molar-refractivity contribution >= 4 is 27.6 Å². The zero-order valence-corrected chi connectivity index (χ0v) is 17.2. The fraction of sp³-hybridized carbons (Fsp3) is 0.333. The minimum atomic E-state index is -0.0153. The Morgan fingerprint density at radius 1 is 1.21 bits per heavy atom. The van der Waals surface area contributed by atoms with E-state index in [0.717, 1.165) is 52.4 Å². The Balaban J connectivity index is 1.66. The van der Waals surface area contributed by atoms with Crippen LogP contribution in [-0.4, -0.2) is 22.2 Å². The van der Waals surface area contributed by atoms with Gasteiger partial charge in [-0.2, -0.15) is 0 Å². The van der Waals surface area contributed by atoms with Crippen molar-refractivity contribution in [1.29, 1.82) is 0 Å². The molecule has 1 unspecified atom stereocenters. The maximum Gasteiger partial charge on any atom is 0.150 e. The number of hydrogen-bond donors (Lipinski definition) is 2. The number of nitrogens with zero attached hydrogens (tertiary/aromatic N) is 2. The number of aromatic nitrogens is 2. The molecule has 1 aliphatic rings. The lowest BCUT2D eigenvalue weighted by atomic mass is 9.73. The second-order valence-corrected chi connectivity index (χ2v) is 8.15. The molecule has 5 heteroatoms. The van der Waals surface area contributed by atoms with Gasteiger partial charge in [0.15, 0.2) is 5.82 Å². The van der Waals surface area contributed by atoms with Crippen LogP contribution in [0.1, 0.15) is 37.8 Å². The minimum absolute atomic E-state index is 0.0153. The van der Waals surface area contributed by atoms with Gasteiger partial charge in [0.2, 0.25) is 0 Å². The number of aliphatic hydroxyl groups is 1. The quantitative estimate of drug-likeness (QED) is 0.620. The molecule has 5 nitrogen and oxygen atoms in total. The van der Waals surface area contributed by atoms with E-state index < -0.39 is 0 Å². The van der Waals surface area contributed by atoms with Gasteiger partial charge in [0.1, 0.15) is 11.3 Å². The SMILES string of the molecule is COC1=CCC(C)(CCc2cnc3c(N)nc4cc(CO)ccc4c3c2)C(C)=C1. The zero-order valence-electron chi connectivity index (χ0n) is 17.2. The van der Waals surface area contributed by atoms with Crippen LogP contribution in [0.3, 0.4) is 0 Å². The molecule has 3 aromatic rings. The first kappa shape index (κ1) is 19.4. The summed E-state index contributed by atoms with van der Waals surface area (Å²) in [7, 11) is 1.72. The molecule has 4 rings (SSSR count). The third-order valence-electron chi connectivity index (χ3n) is 6.23. The average Bonchev–Trinajstić information content (AvgIpc) is 2.74. The number of nitrogens with two attached hydrogens (primary N) is 1. The van der Waals surface area contributed by atoms with Gasteiger partial charge in [0, 0.05) is 17.0 Å². The highest BCUT2D eigenvalue weighted by Crippen LogP contribution is 2.40. The Hall–Kier alpha value is -2.92. The van der Waals surface area contributed by atoms with E-state index in [1.54, 1.807) is 7.11 Å². The van der Waals surface area contributed by atoms with Crippen molar-refractivity contribution in [3.63, 3.8) is 0 Å². The van der Waals surface area contributed by atoms with Crippen LogP contribution < -0.4 is 5.73 Å². The standard InChI is InChI=1S/C24H27N3O2/c1-15-10-18(29-3)7-9-24(15,2)8-6-16-11-20-19-5-4-17(14-28)12-21(19)27-23(25)22(20)26-13-16/h4-5,7,10-13,28H,6,8-9,14H2,1-3H3,(H2,25,27). The number of anilines is 1. The van der Waals surface area contributed by atoms with E-state index in [1.807, 2.05) is 24.4 Å². The number of aryl methyl sites for hydroxylation is 1. The fourth-order valence-electron chi connectivity index (χ4n) is 4.03. The Kier molecular flexibility index (Phi) is 5.01. The molecule has 2 aromatic heterocycles. The van der Waals surface area contributed by atoms with Crippen molar-refractivity contribution in [2.75, 3.05) is 12.8 Å². The number of fused-ring (bicyclic) bond motifs is 3. The molecular weight excluding hydrogens is 362 g/mol. The van der Waals surface area contributed by atoms with Gasteiger partial charge in [-0.1, -0.05) is 24.6 Å². The first-order valence-electron chi connectivity index (χ1n) is 9.94. The zero-order chi connectivity index (χ0) is 20.6. The highest BCUT2D eigenvalue weighted by atomic mass is 16.5. The van der Waals surface area contributed by atoms with Crippen LogP contribution in [-0.2, 0) is 17.8 Å². The number of methoxy groups -OCH3 is 1. The topological polar surface area (TPSA) is 81.3 Å². The van der Waals surface area contributed by atoms with Gasteiger partial charge in [-0.25, -0.2) is 4.98 Å². The summed E-state index contributed by atoms with van der Waals surface area (Å²) in [5.41, 5.74) is 11.1. The normalized spacial score (nSPS) is 19.3. The molecule has 1 aromatic carbocycles. The fourth-order valence-corrected chi connectivity index (χ4v) is 4.03. The molecule has 0 saturated heterocycles. The Morgan fingerprint density at radius 2 is 2.03 bits per heavy atom. The number of aliphatic hydroxyl groups excluding tert-OH is 1. The van der Waals surface area contributed by atoms with Crippen LogP contribution in [0, 0.1) is 5.41 Å². The van der Waals surface area contributed by atoms with E-state index in [2.05, 4.69) is 42.0 Å². The Labute approximate surface area is 170 Å². The highest BCUT2D eigenvalue weighted by molar-refractivity contribution is 6.08. The number of hydrogen-bond acceptors (Lipinski definition) is 5. The van der Waals surface area contributed by atoms with E-state index >= 15 is 0 Å². The molecule has 2 heterocycles. The van der Waals surface area contributed by atoms with Gasteiger partial charge >= 0.3 is 0 Å². The molecule has 0 radical (unpaired) electrons. The van der Waals surface area contributed by atoms with E-state index in [9.17, 15) is 5.11 Å². The lowest BCUT2D eigenvalue weighted by Gasteiger charge is -2.33. The molecule has 0 aliphatic heterocycles. The summed E-state index contributed by atoms with van der Waals surface area (Å²) >= 11 is 0. The third kappa shape index (κ3) is 3.58. The van der Waals surface area contributed by atoms with Crippen molar-refractivity contribution in [2.24, 2.45) is 5.41 Å². The molecule has 1 atom stereocenters. The molecule has 0 fully saturated rings. The lowest BCUT2D eigenvalue weighted by Crippen LogP contribution is -2.21. The van der Waals surface area contributed by atoms with Gasteiger partial charge in [0.05, 0.1) is 19.2 Å². The number of rotatable bonds is 5. The first-order valence-corrected chi connectivity index (χ1v) is 9.94. The molecule has 0 saturated carbocycles. The molecule has 1 aliphatic carbocycles. The van der Waals surface area contributed by atoms with Crippen LogP contribution >= 0.6 is 0 Å². The van der Waals surface area contributed by atoms with E-state index in [1.165, 1.54) is 11.1 Å². The third-order valence-corrected chi connectivity index (χ3v) is 6.23. The van der Waals surface area contributed by atoms with Crippen LogP contribution in [0.5, 0.6) is 0 Å². The smallest absolute Gasteiger partial charge is 0.150 e. The van der Waals surface area contributed by atoms with Crippen molar-refractivity contribution in [1.82, 2.24) is 9.97 Å². The van der Waals surface area contributed by atoms with Crippen LogP contribution in [0.4, 0.5) is 5.82 Å². The average molecular weight is 389 g/mol. The second-order valence-electron chi connectivity index (χ2n) is 8.15. The van der Waals surface area contributed by atoms with Crippen molar-refractivity contribution < 1.29 is 9.84 Å². The Bertz CT molecular complexity index is 1150. The van der Waals surface area contributed by atoms with Crippen LogP contribution in [0.15, 0.2) is 53.9 Å². The van der Waals surface area contributed by atoms with Gasteiger partial charge in [-0.15, -0.1) is 0 Å². The Morgan fingerprint density at radius 3 is 2.76 bits per heavy atom. The second kappa shape index (κ2) is 7.48.